The van der Waals surface area contributed by atoms with Gasteiger partial charge in [0.15, 0.2) is 0 Å². The van der Waals surface area contributed by atoms with E-state index in [1.165, 1.54) is 36.0 Å². The van der Waals surface area contributed by atoms with Gasteiger partial charge in [-0.25, -0.2) is 0 Å². The van der Waals surface area contributed by atoms with Gasteiger partial charge in [0, 0.05) is 11.4 Å². The molecule has 1 unspecified atom stereocenters. The molecule has 3 rings (SSSR count). The van der Waals surface area contributed by atoms with E-state index in [2.05, 4.69) is 10.1 Å². The summed E-state index contributed by atoms with van der Waals surface area (Å²) in [6.45, 7) is 0.198. The van der Waals surface area contributed by atoms with Gasteiger partial charge >= 0.3 is 6.36 Å². The van der Waals surface area contributed by atoms with Crippen LogP contribution in [-0.4, -0.2) is 12.3 Å². The molecule has 0 spiro atoms. The number of carbonyl (C=O) groups excluding carboxylic acids is 1. The topological polar surface area (TPSA) is 38.3 Å². The summed E-state index contributed by atoms with van der Waals surface area (Å²) < 4.78 is 40.6. The number of ether oxygens (including phenoxy) is 1. The molecule has 0 aliphatic heterocycles. The summed E-state index contributed by atoms with van der Waals surface area (Å²) >= 11 is 1.44. The van der Waals surface area contributed by atoms with E-state index >= 15 is 0 Å². The average molecular weight is 417 g/mol. The molecule has 1 amide bonds. The number of hydrogen-bond acceptors (Lipinski definition) is 3. The van der Waals surface area contributed by atoms with E-state index in [9.17, 15) is 18.0 Å². The molecule has 1 atom stereocenters. The van der Waals surface area contributed by atoms with Crippen LogP contribution in [0, 0.1) is 0 Å². The molecule has 0 aliphatic carbocycles. The Morgan fingerprint density at radius 2 is 1.48 bits per heavy atom. The number of amides is 1. The molecule has 0 aliphatic rings. The van der Waals surface area contributed by atoms with E-state index in [4.69, 9.17) is 0 Å². The molecule has 7 heteroatoms. The molecule has 1 N–H and O–H groups in total. The zero-order valence-electron chi connectivity index (χ0n) is 15.2. The fourth-order valence-corrected chi connectivity index (χ4v) is 3.70. The molecule has 0 fully saturated rings. The number of carbonyl (C=O) groups is 1. The first-order valence-corrected chi connectivity index (χ1v) is 9.68. The Morgan fingerprint density at radius 3 is 2.07 bits per heavy atom. The molecule has 0 radical (unpaired) electrons. The predicted octanol–water partition coefficient (Wildman–Crippen LogP) is 5.74. The summed E-state index contributed by atoms with van der Waals surface area (Å²) in [5, 5.41) is 2.41. The maximum atomic E-state index is 12.9. The third-order valence-corrected chi connectivity index (χ3v) is 5.23. The van der Waals surface area contributed by atoms with Crippen molar-refractivity contribution >= 4 is 17.7 Å². The smallest absolute Gasteiger partial charge is 0.406 e. The van der Waals surface area contributed by atoms with Gasteiger partial charge in [-0.2, -0.15) is 0 Å². The third-order valence-electron chi connectivity index (χ3n) is 3.96. The first-order valence-electron chi connectivity index (χ1n) is 8.80. The van der Waals surface area contributed by atoms with Crippen molar-refractivity contribution < 1.29 is 22.7 Å². The van der Waals surface area contributed by atoms with Crippen LogP contribution in [0.5, 0.6) is 5.75 Å². The van der Waals surface area contributed by atoms with Crippen LogP contribution in [0.1, 0.15) is 16.4 Å². The predicted molar refractivity (Wildman–Crippen MR) is 106 cm³/mol. The van der Waals surface area contributed by atoms with Crippen LogP contribution in [0.3, 0.4) is 0 Å². The summed E-state index contributed by atoms with van der Waals surface area (Å²) in [4.78, 5) is 13.8. The van der Waals surface area contributed by atoms with Crippen LogP contribution in [0.15, 0.2) is 89.8 Å². The zero-order valence-corrected chi connectivity index (χ0v) is 16.0. The molecule has 0 heterocycles. The Bertz CT molecular complexity index is 916. The molecule has 0 saturated carbocycles. The van der Waals surface area contributed by atoms with Crippen molar-refractivity contribution in [3.63, 3.8) is 0 Å². The minimum absolute atomic E-state index is 0.180. The molecule has 3 nitrogen and oxygen atoms in total. The van der Waals surface area contributed by atoms with Crippen LogP contribution in [0.25, 0.3) is 0 Å². The number of hydrogen-bond donors (Lipinski definition) is 1. The summed E-state index contributed by atoms with van der Waals surface area (Å²) in [6.07, 6.45) is -4.73. The lowest BCUT2D eigenvalue weighted by Crippen LogP contribution is -2.27. The SMILES string of the molecule is O=C(NCc1ccc(OC(F)(F)F)cc1)C(Sc1ccccc1)c1ccccc1. The van der Waals surface area contributed by atoms with E-state index in [1.807, 2.05) is 60.7 Å². The third kappa shape index (κ3) is 6.57. The van der Waals surface area contributed by atoms with Crippen molar-refractivity contribution in [2.45, 2.75) is 23.1 Å². The van der Waals surface area contributed by atoms with Crippen molar-refractivity contribution in [2.24, 2.45) is 0 Å². The fraction of sp³-hybridized carbons (Fsp3) is 0.136. The van der Waals surface area contributed by atoms with Crippen molar-refractivity contribution in [3.8, 4) is 5.75 Å². The van der Waals surface area contributed by atoms with Gasteiger partial charge < -0.3 is 10.1 Å². The summed E-state index contributed by atoms with van der Waals surface area (Å²) in [6, 6.07) is 24.5. The summed E-state index contributed by atoms with van der Waals surface area (Å²) in [7, 11) is 0. The number of benzene rings is 3. The molecule has 150 valence electrons. The van der Waals surface area contributed by atoms with E-state index in [1.54, 1.807) is 0 Å². The maximum Gasteiger partial charge on any atom is 0.573 e. The van der Waals surface area contributed by atoms with Gasteiger partial charge in [0.2, 0.25) is 5.91 Å². The van der Waals surface area contributed by atoms with Gasteiger partial charge in [-0.1, -0.05) is 60.7 Å². The second-order valence-corrected chi connectivity index (χ2v) is 7.31. The first kappa shape index (κ1) is 20.8. The van der Waals surface area contributed by atoms with Crippen molar-refractivity contribution in [3.05, 3.63) is 96.1 Å². The van der Waals surface area contributed by atoms with Gasteiger partial charge in [0.05, 0.1) is 0 Å². The lowest BCUT2D eigenvalue weighted by molar-refractivity contribution is -0.274. The molecule has 0 aromatic heterocycles. The quantitative estimate of drug-likeness (QED) is 0.499. The largest absolute Gasteiger partial charge is 0.573 e. The van der Waals surface area contributed by atoms with Gasteiger partial charge in [-0.3, -0.25) is 4.79 Å². The highest BCUT2D eigenvalue weighted by Gasteiger charge is 2.31. The van der Waals surface area contributed by atoms with Gasteiger partial charge in [-0.15, -0.1) is 24.9 Å². The average Bonchev–Trinajstić information content (AvgIpc) is 2.71. The minimum atomic E-state index is -4.73. The highest BCUT2D eigenvalue weighted by atomic mass is 32.2. The maximum absolute atomic E-state index is 12.9. The Labute approximate surface area is 170 Å². The lowest BCUT2D eigenvalue weighted by atomic mass is 10.1. The Hall–Kier alpha value is -2.93. The molecule has 0 bridgehead atoms. The fourth-order valence-electron chi connectivity index (χ4n) is 2.63. The number of alkyl halides is 3. The van der Waals surface area contributed by atoms with Crippen LogP contribution in [-0.2, 0) is 11.3 Å². The summed E-state index contributed by atoms with van der Waals surface area (Å²) in [5.74, 6) is -0.477. The second kappa shape index (κ2) is 9.52. The van der Waals surface area contributed by atoms with Crippen LogP contribution >= 0.6 is 11.8 Å². The van der Waals surface area contributed by atoms with Crippen LogP contribution in [0.4, 0.5) is 13.2 Å². The Kier molecular flexibility index (Phi) is 6.82. The van der Waals surface area contributed by atoms with Gasteiger partial charge in [-0.05, 0) is 35.4 Å². The standard InChI is InChI=1S/C22H18F3NO2S/c23-22(24,25)28-18-13-11-16(12-14-18)15-26-21(27)20(17-7-3-1-4-8-17)29-19-9-5-2-6-10-19/h1-14,20H,15H2,(H,26,27). The normalized spacial score (nSPS) is 12.2. The second-order valence-electron chi connectivity index (χ2n) is 6.13. The Balaban J connectivity index is 1.67. The van der Waals surface area contributed by atoms with Crippen LogP contribution in [0.2, 0.25) is 0 Å². The summed E-state index contributed by atoms with van der Waals surface area (Å²) in [5.41, 5.74) is 1.54. The van der Waals surface area contributed by atoms with E-state index in [-0.39, 0.29) is 18.2 Å². The molecular formula is C22H18F3NO2S. The van der Waals surface area contributed by atoms with Crippen molar-refractivity contribution in [2.75, 3.05) is 0 Å². The van der Waals surface area contributed by atoms with Gasteiger partial charge in [0.1, 0.15) is 11.0 Å². The van der Waals surface area contributed by atoms with E-state index in [0.717, 1.165) is 10.5 Å². The molecule has 3 aromatic rings. The number of halogens is 3. The number of nitrogens with one attached hydrogen (secondary N) is 1. The number of thioether (sulfide) groups is 1. The highest BCUT2D eigenvalue weighted by Crippen LogP contribution is 2.35. The molecule has 29 heavy (non-hydrogen) atoms. The zero-order chi connectivity index (χ0) is 20.7. The van der Waals surface area contributed by atoms with Crippen LogP contribution < -0.4 is 10.1 Å². The van der Waals surface area contributed by atoms with E-state index in [0.29, 0.717) is 5.56 Å². The minimum Gasteiger partial charge on any atom is -0.406 e. The Morgan fingerprint density at radius 1 is 0.897 bits per heavy atom. The van der Waals surface area contributed by atoms with Crippen molar-refractivity contribution in [1.29, 1.82) is 0 Å². The molecule has 0 saturated heterocycles. The number of rotatable bonds is 7. The highest BCUT2D eigenvalue weighted by molar-refractivity contribution is 8.00. The van der Waals surface area contributed by atoms with E-state index < -0.39 is 11.6 Å². The monoisotopic (exact) mass is 417 g/mol. The lowest BCUT2D eigenvalue weighted by Gasteiger charge is -2.17. The first-order chi connectivity index (χ1) is 13.9. The molecule has 3 aromatic carbocycles. The van der Waals surface area contributed by atoms with Crippen molar-refractivity contribution in [1.82, 2.24) is 5.32 Å². The van der Waals surface area contributed by atoms with Gasteiger partial charge in [0.25, 0.3) is 0 Å². The molecular weight excluding hydrogens is 399 g/mol.